The van der Waals surface area contributed by atoms with Gasteiger partial charge in [0.15, 0.2) is 0 Å². The normalized spacial score (nSPS) is 14.2. The lowest BCUT2D eigenvalue weighted by molar-refractivity contribution is 0.108. The van der Waals surface area contributed by atoms with Gasteiger partial charge in [-0.3, -0.25) is 0 Å². The Labute approximate surface area is 115 Å². The Kier molecular flexibility index (Phi) is 3.40. The molecule has 0 unspecified atom stereocenters. The van der Waals surface area contributed by atoms with E-state index in [0.717, 1.165) is 29.1 Å². The van der Waals surface area contributed by atoms with Crippen molar-refractivity contribution in [2.24, 2.45) is 0 Å². The van der Waals surface area contributed by atoms with Crippen LogP contribution >= 0.6 is 12.2 Å². The number of hydrogen-bond donors (Lipinski definition) is 1. The molecule has 1 aromatic heterocycles. The number of hydrogen-bond acceptors (Lipinski definition) is 3. The molecule has 2 aromatic rings. The first-order valence-corrected chi connectivity index (χ1v) is 6.56. The van der Waals surface area contributed by atoms with Crippen LogP contribution in [0.2, 0.25) is 0 Å². The summed E-state index contributed by atoms with van der Waals surface area (Å²) in [5.41, 5.74) is 2.95. The maximum Gasteiger partial charge on any atom is 0.135 e. The van der Waals surface area contributed by atoms with Crippen molar-refractivity contribution in [3.05, 3.63) is 57.4 Å². The smallest absolute Gasteiger partial charge is 0.135 e. The van der Waals surface area contributed by atoms with E-state index in [0.29, 0.717) is 24.3 Å². The van der Waals surface area contributed by atoms with Gasteiger partial charge in [-0.15, -0.1) is 0 Å². The third-order valence-corrected chi connectivity index (χ3v) is 3.50. The van der Waals surface area contributed by atoms with Crippen molar-refractivity contribution in [3.8, 4) is 0 Å². The molecular formula is C14H13FN2OS. The van der Waals surface area contributed by atoms with Crippen LogP contribution in [0, 0.1) is 10.5 Å². The fourth-order valence-electron chi connectivity index (χ4n) is 2.23. The summed E-state index contributed by atoms with van der Waals surface area (Å²) in [7, 11) is 0. The van der Waals surface area contributed by atoms with Crippen LogP contribution in [-0.4, -0.2) is 16.6 Å². The van der Waals surface area contributed by atoms with Gasteiger partial charge in [0.05, 0.1) is 13.2 Å². The molecule has 1 N–H and O–H groups in total. The Hall–Kier alpha value is -1.59. The molecule has 0 amide bonds. The Bertz CT molecular complexity index is 669. The Balaban J connectivity index is 1.94. The average Bonchev–Trinajstić information content (AvgIpc) is 2.39. The summed E-state index contributed by atoms with van der Waals surface area (Å²) in [6.45, 7) is 1.22. The largest absolute Gasteiger partial charge is 0.376 e. The number of H-pyrrole nitrogens is 1. The summed E-state index contributed by atoms with van der Waals surface area (Å²) in [5.74, 6) is 0.540. The molecule has 3 nitrogen and oxygen atoms in total. The molecule has 0 spiro atoms. The quantitative estimate of drug-likeness (QED) is 0.857. The minimum absolute atomic E-state index is 0.234. The first-order valence-electron chi connectivity index (χ1n) is 6.15. The Morgan fingerprint density at radius 3 is 3.16 bits per heavy atom. The molecule has 0 saturated carbocycles. The van der Waals surface area contributed by atoms with Gasteiger partial charge in [0.25, 0.3) is 0 Å². The van der Waals surface area contributed by atoms with Crippen LogP contribution in [-0.2, 0) is 24.2 Å². The fraction of sp³-hybridized carbons (Fsp3) is 0.286. The standard InChI is InChI=1S/C14H13FN2OS/c15-10-3-1-2-9(6-10)7-13-16-12-4-5-18-8-11(12)14(19)17-13/h1-3,6H,4-5,7-8H2,(H,16,17,19). The van der Waals surface area contributed by atoms with Crippen LogP contribution in [0.5, 0.6) is 0 Å². The first kappa shape index (κ1) is 12.4. The van der Waals surface area contributed by atoms with Gasteiger partial charge >= 0.3 is 0 Å². The summed E-state index contributed by atoms with van der Waals surface area (Å²) in [4.78, 5) is 7.66. The van der Waals surface area contributed by atoms with Gasteiger partial charge < -0.3 is 9.72 Å². The topological polar surface area (TPSA) is 37.9 Å². The molecule has 1 aliphatic heterocycles. The number of fused-ring (bicyclic) bond motifs is 1. The van der Waals surface area contributed by atoms with Gasteiger partial charge in [-0.05, 0) is 17.7 Å². The van der Waals surface area contributed by atoms with E-state index in [4.69, 9.17) is 17.0 Å². The van der Waals surface area contributed by atoms with Crippen LogP contribution in [0.4, 0.5) is 4.39 Å². The van der Waals surface area contributed by atoms with Crippen molar-refractivity contribution in [2.45, 2.75) is 19.4 Å². The van der Waals surface area contributed by atoms with Gasteiger partial charge in [-0.2, -0.15) is 0 Å². The van der Waals surface area contributed by atoms with Crippen molar-refractivity contribution in [3.63, 3.8) is 0 Å². The number of nitrogens with one attached hydrogen (secondary N) is 1. The Morgan fingerprint density at radius 2 is 2.32 bits per heavy atom. The maximum atomic E-state index is 13.2. The van der Waals surface area contributed by atoms with Gasteiger partial charge in [0.1, 0.15) is 16.3 Å². The highest BCUT2D eigenvalue weighted by Gasteiger charge is 2.13. The summed E-state index contributed by atoms with van der Waals surface area (Å²) in [5, 5.41) is 0. The predicted molar refractivity (Wildman–Crippen MR) is 72.0 cm³/mol. The molecule has 0 fully saturated rings. The summed E-state index contributed by atoms with van der Waals surface area (Å²) in [6, 6.07) is 6.53. The SMILES string of the molecule is Fc1cccc(Cc2nc(=S)c3c([nH]2)CCOC3)c1. The highest BCUT2D eigenvalue weighted by molar-refractivity contribution is 7.71. The number of aromatic nitrogens is 2. The van der Waals surface area contributed by atoms with Crippen LogP contribution < -0.4 is 0 Å². The number of nitrogens with zero attached hydrogens (tertiary/aromatic N) is 1. The first-order chi connectivity index (χ1) is 9.22. The molecule has 98 valence electrons. The highest BCUT2D eigenvalue weighted by atomic mass is 32.1. The van der Waals surface area contributed by atoms with Gasteiger partial charge in [0.2, 0.25) is 0 Å². The van der Waals surface area contributed by atoms with Gasteiger partial charge in [0, 0.05) is 24.1 Å². The molecule has 1 aromatic carbocycles. The predicted octanol–water partition coefficient (Wildman–Crippen LogP) is 2.94. The van der Waals surface area contributed by atoms with E-state index in [1.165, 1.54) is 12.1 Å². The van der Waals surface area contributed by atoms with E-state index >= 15 is 0 Å². The summed E-state index contributed by atoms with van der Waals surface area (Å²) < 4.78 is 19.1. The van der Waals surface area contributed by atoms with Gasteiger partial charge in [-0.25, -0.2) is 9.37 Å². The number of rotatable bonds is 2. The molecule has 0 atom stereocenters. The third-order valence-electron chi connectivity index (χ3n) is 3.16. The van der Waals surface area contributed by atoms with Crippen LogP contribution in [0.3, 0.4) is 0 Å². The van der Waals surface area contributed by atoms with Crippen molar-refractivity contribution >= 4 is 12.2 Å². The minimum atomic E-state index is -0.234. The molecule has 3 rings (SSSR count). The van der Waals surface area contributed by atoms with E-state index in [1.807, 2.05) is 6.07 Å². The molecule has 2 heterocycles. The lowest BCUT2D eigenvalue weighted by atomic mass is 10.1. The fourth-order valence-corrected chi connectivity index (χ4v) is 2.52. The molecule has 5 heteroatoms. The van der Waals surface area contributed by atoms with Crippen LogP contribution in [0.15, 0.2) is 24.3 Å². The lowest BCUT2D eigenvalue weighted by Crippen LogP contribution is -2.15. The van der Waals surface area contributed by atoms with E-state index in [9.17, 15) is 4.39 Å². The summed E-state index contributed by atoms with van der Waals surface area (Å²) in [6.07, 6.45) is 1.37. The summed E-state index contributed by atoms with van der Waals surface area (Å²) >= 11 is 5.28. The molecule has 19 heavy (non-hydrogen) atoms. The second-order valence-electron chi connectivity index (χ2n) is 4.56. The number of halogens is 1. The second-order valence-corrected chi connectivity index (χ2v) is 4.94. The number of benzene rings is 1. The van der Waals surface area contributed by atoms with Crippen molar-refractivity contribution in [1.82, 2.24) is 9.97 Å². The van der Waals surface area contributed by atoms with Gasteiger partial charge in [-0.1, -0.05) is 24.4 Å². The van der Waals surface area contributed by atoms with Crippen LogP contribution in [0.25, 0.3) is 0 Å². The number of ether oxygens (including phenoxy) is 1. The molecule has 0 bridgehead atoms. The second kappa shape index (κ2) is 5.19. The maximum absolute atomic E-state index is 13.2. The number of aromatic amines is 1. The monoisotopic (exact) mass is 276 g/mol. The van der Waals surface area contributed by atoms with E-state index in [-0.39, 0.29) is 5.82 Å². The molecule has 0 aliphatic carbocycles. The van der Waals surface area contributed by atoms with Crippen molar-refractivity contribution in [1.29, 1.82) is 0 Å². The molecule has 1 aliphatic rings. The highest BCUT2D eigenvalue weighted by Crippen LogP contribution is 2.17. The minimum Gasteiger partial charge on any atom is -0.376 e. The molecule has 0 radical (unpaired) electrons. The molecule has 0 saturated heterocycles. The zero-order valence-corrected chi connectivity index (χ0v) is 11.1. The van der Waals surface area contributed by atoms with E-state index in [1.54, 1.807) is 6.07 Å². The Morgan fingerprint density at radius 1 is 1.42 bits per heavy atom. The zero-order valence-electron chi connectivity index (χ0n) is 10.3. The zero-order chi connectivity index (χ0) is 13.2. The third kappa shape index (κ3) is 2.72. The van der Waals surface area contributed by atoms with E-state index in [2.05, 4.69) is 9.97 Å². The lowest BCUT2D eigenvalue weighted by Gasteiger charge is -2.17. The van der Waals surface area contributed by atoms with Crippen molar-refractivity contribution in [2.75, 3.05) is 6.61 Å². The molecular weight excluding hydrogens is 263 g/mol. The van der Waals surface area contributed by atoms with Crippen LogP contribution in [0.1, 0.15) is 22.6 Å². The average molecular weight is 276 g/mol. The van der Waals surface area contributed by atoms with Crippen molar-refractivity contribution < 1.29 is 9.13 Å². The van der Waals surface area contributed by atoms with E-state index < -0.39 is 0 Å².